The van der Waals surface area contributed by atoms with Crippen LogP contribution in [0.3, 0.4) is 0 Å². The van der Waals surface area contributed by atoms with E-state index in [1.165, 1.54) is 0 Å². The summed E-state index contributed by atoms with van der Waals surface area (Å²) in [6.07, 6.45) is 0. The summed E-state index contributed by atoms with van der Waals surface area (Å²) in [6, 6.07) is 6.04. The number of amides is 3. The van der Waals surface area contributed by atoms with Gasteiger partial charge in [-0.05, 0) is 24.3 Å². The van der Waals surface area contributed by atoms with Crippen molar-refractivity contribution in [1.29, 1.82) is 0 Å². The van der Waals surface area contributed by atoms with Crippen LogP contribution in [0.4, 0.5) is 16.2 Å². The lowest BCUT2D eigenvalue weighted by Gasteiger charge is -2.07. The molecule has 0 bridgehead atoms. The molecule has 0 atom stereocenters. The molecule has 104 valence electrons. The number of primary amides is 1. The number of anilines is 2. The van der Waals surface area contributed by atoms with E-state index in [0.717, 1.165) is 0 Å². The van der Waals surface area contributed by atoms with E-state index in [0.29, 0.717) is 24.5 Å². The Morgan fingerprint density at radius 3 is 2.26 bits per heavy atom. The first-order valence-electron chi connectivity index (χ1n) is 5.78. The quantitative estimate of drug-likeness (QED) is 0.534. The summed E-state index contributed by atoms with van der Waals surface area (Å²) in [6.45, 7) is 1.39. The summed E-state index contributed by atoms with van der Waals surface area (Å²) < 4.78 is 4.85. The van der Waals surface area contributed by atoms with Gasteiger partial charge >= 0.3 is 6.03 Å². The minimum atomic E-state index is -0.626. The molecule has 0 aliphatic carbocycles. The van der Waals surface area contributed by atoms with Crippen molar-refractivity contribution in [3.63, 3.8) is 0 Å². The van der Waals surface area contributed by atoms with E-state index in [2.05, 4.69) is 16.0 Å². The van der Waals surface area contributed by atoms with Crippen LogP contribution in [0.1, 0.15) is 0 Å². The lowest BCUT2D eigenvalue weighted by molar-refractivity contribution is -0.115. The van der Waals surface area contributed by atoms with Crippen LogP contribution in [-0.2, 0) is 9.53 Å². The second kappa shape index (κ2) is 8.06. The third-order valence-corrected chi connectivity index (χ3v) is 2.20. The number of rotatable bonds is 7. The lowest BCUT2D eigenvalue weighted by Crippen LogP contribution is -2.30. The monoisotopic (exact) mass is 266 g/mol. The highest BCUT2D eigenvalue weighted by Crippen LogP contribution is 2.12. The maximum atomic E-state index is 11.5. The highest BCUT2D eigenvalue weighted by Gasteiger charge is 2.02. The fraction of sp³-hybridized carbons (Fsp3) is 0.333. The summed E-state index contributed by atoms with van der Waals surface area (Å²) in [5, 5.41) is 8.08. The van der Waals surface area contributed by atoms with E-state index in [-0.39, 0.29) is 12.5 Å². The molecular formula is C12H18N4O3. The van der Waals surface area contributed by atoms with Crippen LogP contribution >= 0.6 is 0 Å². The van der Waals surface area contributed by atoms with Crippen LogP contribution in [0.2, 0.25) is 0 Å². The predicted molar refractivity (Wildman–Crippen MR) is 73.0 cm³/mol. The Labute approximate surface area is 111 Å². The van der Waals surface area contributed by atoms with E-state index >= 15 is 0 Å². The number of hydrogen-bond acceptors (Lipinski definition) is 4. The van der Waals surface area contributed by atoms with Gasteiger partial charge in [-0.3, -0.25) is 4.79 Å². The van der Waals surface area contributed by atoms with Crippen LogP contribution in [0.15, 0.2) is 24.3 Å². The molecule has 0 aromatic heterocycles. The number of benzene rings is 1. The number of nitrogens with one attached hydrogen (secondary N) is 3. The molecular weight excluding hydrogens is 248 g/mol. The topological polar surface area (TPSA) is 105 Å². The van der Waals surface area contributed by atoms with Gasteiger partial charge in [0.25, 0.3) is 0 Å². The minimum absolute atomic E-state index is 0.147. The van der Waals surface area contributed by atoms with Gasteiger partial charge in [0.05, 0.1) is 13.2 Å². The number of nitrogens with two attached hydrogens (primary N) is 1. The van der Waals surface area contributed by atoms with Crippen LogP contribution in [0.25, 0.3) is 0 Å². The van der Waals surface area contributed by atoms with Crippen molar-refractivity contribution in [2.45, 2.75) is 0 Å². The fourth-order valence-corrected chi connectivity index (χ4v) is 1.36. The Balaban J connectivity index is 2.36. The Morgan fingerprint density at radius 2 is 1.74 bits per heavy atom. The zero-order valence-corrected chi connectivity index (χ0v) is 10.7. The molecule has 1 aromatic carbocycles. The van der Waals surface area contributed by atoms with Crippen LogP contribution in [0.5, 0.6) is 0 Å². The molecule has 0 unspecified atom stereocenters. The number of carbonyl (C=O) groups excluding carboxylic acids is 2. The number of methoxy groups -OCH3 is 1. The van der Waals surface area contributed by atoms with E-state index in [4.69, 9.17) is 10.5 Å². The van der Waals surface area contributed by atoms with Crippen molar-refractivity contribution in [2.24, 2.45) is 5.73 Å². The molecule has 19 heavy (non-hydrogen) atoms. The van der Waals surface area contributed by atoms with E-state index in [1.807, 2.05) is 0 Å². The van der Waals surface area contributed by atoms with Gasteiger partial charge in [-0.1, -0.05) is 0 Å². The molecule has 0 aliphatic rings. The number of urea groups is 1. The largest absolute Gasteiger partial charge is 0.383 e. The molecule has 3 amide bonds. The molecule has 0 spiro atoms. The smallest absolute Gasteiger partial charge is 0.316 e. The third-order valence-electron chi connectivity index (χ3n) is 2.20. The SMILES string of the molecule is COCCNCC(=O)Nc1ccc(NC(N)=O)cc1. The maximum absolute atomic E-state index is 11.5. The first kappa shape index (κ1) is 14.9. The fourth-order valence-electron chi connectivity index (χ4n) is 1.36. The highest BCUT2D eigenvalue weighted by molar-refractivity contribution is 5.93. The van der Waals surface area contributed by atoms with Gasteiger partial charge in [0, 0.05) is 25.0 Å². The van der Waals surface area contributed by atoms with Crippen molar-refractivity contribution in [3.8, 4) is 0 Å². The third kappa shape index (κ3) is 6.39. The van der Waals surface area contributed by atoms with E-state index in [1.54, 1.807) is 31.4 Å². The van der Waals surface area contributed by atoms with Gasteiger partial charge in [0.15, 0.2) is 0 Å². The predicted octanol–water partition coefficient (Wildman–Crippen LogP) is 0.352. The van der Waals surface area contributed by atoms with E-state index < -0.39 is 6.03 Å². The molecule has 0 saturated carbocycles. The average Bonchev–Trinajstić information content (AvgIpc) is 2.36. The molecule has 0 heterocycles. The summed E-state index contributed by atoms with van der Waals surface area (Å²) in [4.78, 5) is 22.2. The minimum Gasteiger partial charge on any atom is -0.383 e. The van der Waals surface area contributed by atoms with Crippen molar-refractivity contribution in [3.05, 3.63) is 24.3 Å². The molecule has 0 aliphatic heterocycles. The average molecular weight is 266 g/mol. The van der Waals surface area contributed by atoms with Gasteiger partial charge in [0.2, 0.25) is 5.91 Å². The molecule has 1 aromatic rings. The number of carbonyl (C=O) groups is 2. The summed E-state index contributed by atoms with van der Waals surface area (Å²) in [5.74, 6) is -0.147. The van der Waals surface area contributed by atoms with Gasteiger partial charge < -0.3 is 26.4 Å². The Kier molecular flexibility index (Phi) is 6.34. The van der Waals surface area contributed by atoms with Crippen molar-refractivity contribution >= 4 is 23.3 Å². The summed E-state index contributed by atoms with van der Waals surface area (Å²) in [5.41, 5.74) is 6.20. The summed E-state index contributed by atoms with van der Waals surface area (Å²) in [7, 11) is 1.60. The van der Waals surface area contributed by atoms with Crippen LogP contribution in [0, 0.1) is 0 Å². The number of ether oxygens (including phenoxy) is 1. The highest BCUT2D eigenvalue weighted by atomic mass is 16.5. The first-order chi connectivity index (χ1) is 9.11. The normalized spacial score (nSPS) is 9.95. The molecule has 0 fully saturated rings. The first-order valence-corrected chi connectivity index (χ1v) is 5.78. The van der Waals surface area contributed by atoms with Gasteiger partial charge in [0.1, 0.15) is 0 Å². The maximum Gasteiger partial charge on any atom is 0.316 e. The van der Waals surface area contributed by atoms with Gasteiger partial charge in [-0.15, -0.1) is 0 Å². The Hall–Kier alpha value is -2.12. The van der Waals surface area contributed by atoms with Gasteiger partial charge in [-0.2, -0.15) is 0 Å². The molecule has 0 radical (unpaired) electrons. The Morgan fingerprint density at radius 1 is 1.16 bits per heavy atom. The van der Waals surface area contributed by atoms with Crippen molar-refractivity contribution in [2.75, 3.05) is 37.4 Å². The van der Waals surface area contributed by atoms with Crippen molar-refractivity contribution < 1.29 is 14.3 Å². The van der Waals surface area contributed by atoms with Crippen LogP contribution in [-0.4, -0.2) is 38.7 Å². The second-order valence-corrected chi connectivity index (χ2v) is 3.78. The molecule has 7 nitrogen and oxygen atoms in total. The molecule has 7 heteroatoms. The second-order valence-electron chi connectivity index (χ2n) is 3.78. The van der Waals surface area contributed by atoms with Crippen LogP contribution < -0.4 is 21.7 Å². The van der Waals surface area contributed by atoms with Gasteiger partial charge in [-0.25, -0.2) is 4.79 Å². The zero-order chi connectivity index (χ0) is 14.1. The zero-order valence-electron chi connectivity index (χ0n) is 10.7. The molecule has 1 rings (SSSR count). The standard InChI is InChI=1S/C12H18N4O3/c1-19-7-6-14-8-11(17)15-9-2-4-10(5-3-9)16-12(13)18/h2-5,14H,6-8H2,1H3,(H,15,17)(H3,13,16,18). The summed E-state index contributed by atoms with van der Waals surface area (Å²) >= 11 is 0. The van der Waals surface area contributed by atoms with Crippen molar-refractivity contribution in [1.82, 2.24) is 5.32 Å². The molecule has 0 saturated heterocycles. The van der Waals surface area contributed by atoms with E-state index in [9.17, 15) is 9.59 Å². The number of hydrogen-bond donors (Lipinski definition) is 4. The lowest BCUT2D eigenvalue weighted by atomic mass is 10.3. The Bertz CT molecular complexity index is 419. The molecule has 5 N–H and O–H groups in total.